The number of carbonyl (C=O) groups is 1. The fourth-order valence-electron chi connectivity index (χ4n) is 1.81. The zero-order valence-corrected chi connectivity index (χ0v) is 10.7. The number of nitrogens with one attached hydrogen (secondary N) is 1. The van der Waals surface area contributed by atoms with E-state index in [1.807, 2.05) is 6.07 Å². The van der Waals surface area contributed by atoms with Crippen LogP contribution in [0.2, 0.25) is 0 Å². The van der Waals surface area contributed by atoms with E-state index in [-0.39, 0.29) is 17.7 Å². The van der Waals surface area contributed by atoms with Gasteiger partial charge < -0.3 is 15.2 Å². The zero-order valence-electron chi connectivity index (χ0n) is 10.7. The van der Waals surface area contributed by atoms with Crippen LogP contribution in [-0.4, -0.2) is 24.2 Å². The summed E-state index contributed by atoms with van der Waals surface area (Å²) in [6.07, 6.45) is 2.31. The molecule has 2 rings (SSSR count). The summed E-state index contributed by atoms with van der Waals surface area (Å²) >= 11 is 0. The average Bonchev–Trinajstić information content (AvgIpc) is 3.21. The summed E-state index contributed by atoms with van der Waals surface area (Å²) in [5.74, 6) is -0.550. The molecule has 1 aromatic rings. The molecule has 0 aromatic heterocycles. The highest BCUT2D eigenvalue weighted by molar-refractivity contribution is 5.82. The number of aromatic hydroxyl groups is 1. The second-order valence-electron chi connectivity index (χ2n) is 4.67. The molecule has 1 atom stereocenters. The van der Waals surface area contributed by atoms with E-state index in [0.29, 0.717) is 12.2 Å². The fraction of sp³-hybridized carbons (Fsp3) is 0.429. The molecule has 100 valence electrons. The summed E-state index contributed by atoms with van der Waals surface area (Å²) in [6.45, 7) is 0. The van der Waals surface area contributed by atoms with Crippen LogP contribution >= 0.6 is 0 Å². The average molecular weight is 260 g/mol. The first-order valence-corrected chi connectivity index (χ1v) is 6.20. The molecule has 1 fully saturated rings. The van der Waals surface area contributed by atoms with Gasteiger partial charge in [0, 0.05) is 6.04 Å². The van der Waals surface area contributed by atoms with Crippen molar-refractivity contribution >= 4 is 5.91 Å². The van der Waals surface area contributed by atoms with E-state index in [4.69, 9.17) is 10.00 Å². The standard InChI is InChI=1S/C14H16N2O3/c1-19-13-7-9(2-5-12(13)17)6-10(8-15)14(18)16-11-3-4-11/h2,5,7,10-11,17H,3-4,6H2,1H3,(H,16,18). The third-order valence-electron chi connectivity index (χ3n) is 3.08. The maximum absolute atomic E-state index is 11.8. The quantitative estimate of drug-likeness (QED) is 0.837. The third-order valence-corrected chi connectivity index (χ3v) is 3.08. The van der Waals surface area contributed by atoms with Gasteiger partial charge in [-0.15, -0.1) is 0 Å². The maximum atomic E-state index is 11.8. The maximum Gasteiger partial charge on any atom is 0.237 e. The van der Waals surface area contributed by atoms with Gasteiger partial charge in [0.15, 0.2) is 11.5 Å². The first-order valence-electron chi connectivity index (χ1n) is 6.20. The van der Waals surface area contributed by atoms with Gasteiger partial charge >= 0.3 is 0 Å². The number of benzene rings is 1. The van der Waals surface area contributed by atoms with Crippen molar-refractivity contribution in [2.75, 3.05) is 7.11 Å². The Morgan fingerprint density at radius 1 is 1.63 bits per heavy atom. The molecule has 19 heavy (non-hydrogen) atoms. The van der Waals surface area contributed by atoms with Gasteiger partial charge in [-0.1, -0.05) is 6.07 Å². The molecule has 0 spiro atoms. The summed E-state index contributed by atoms with van der Waals surface area (Å²) in [7, 11) is 1.46. The van der Waals surface area contributed by atoms with Gasteiger partial charge in [-0.2, -0.15) is 5.26 Å². The molecule has 1 aromatic carbocycles. The lowest BCUT2D eigenvalue weighted by Crippen LogP contribution is -2.32. The van der Waals surface area contributed by atoms with Crippen LogP contribution in [0.4, 0.5) is 0 Å². The number of ether oxygens (including phenoxy) is 1. The number of amides is 1. The first kappa shape index (κ1) is 13.2. The Labute approximate surface area is 111 Å². The second kappa shape index (κ2) is 5.61. The Morgan fingerprint density at radius 2 is 2.37 bits per heavy atom. The molecule has 0 heterocycles. The molecule has 5 nitrogen and oxygen atoms in total. The lowest BCUT2D eigenvalue weighted by atomic mass is 9.99. The van der Waals surface area contributed by atoms with Crippen LogP contribution < -0.4 is 10.1 Å². The third kappa shape index (κ3) is 3.38. The highest BCUT2D eigenvalue weighted by atomic mass is 16.5. The van der Waals surface area contributed by atoms with Gasteiger partial charge in [-0.3, -0.25) is 4.79 Å². The van der Waals surface area contributed by atoms with E-state index >= 15 is 0 Å². The summed E-state index contributed by atoms with van der Waals surface area (Å²) in [5, 5.41) is 21.4. The molecule has 0 saturated heterocycles. The number of nitrogens with zero attached hydrogens (tertiary/aromatic N) is 1. The number of carbonyl (C=O) groups excluding carboxylic acids is 1. The van der Waals surface area contributed by atoms with E-state index < -0.39 is 5.92 Å². The lowest BCUT2D eigenvalue weighted by Gasteiger charge is -2.11. The zero-order chi connectivity index (χ0) is 13.8. The Kier molecular flexibility index (Phi) is 3.91. The van der Waals surface area contributed by atoms with E-state index in [1.54, 1.807) is 12.1 Å². The Morgan fingerprint density at radius 3 is 2.95 bits per heavy atom. The number of phenols is 1. The predicted molar refractivity (Wildman–Crippen MR) is 68.6 cm³/mol. The molecule has 5 heteroatoms. The minimum absolute atomic E-state index is 0.0437. The Balaban J connectivity index is 2.05. The van der Waals surface area contributed by atoms with E-state index in [2.05, 4.69) is 5.32 Å². The highest BCUT2D eigenvalue weighted by Gasteiger charge is 2.27. The van der Waals surface area contributed by atoms with Crippen molar-refractivity contribution in [2.45, 2.75) is 25.3 Å². The van der Waals surface area contributed by atoms with Gasteiger partial charge in [-0.05, 0) is 37.0 Å². The van der Waals surface area contributed by atoms with Crippen molar-refractivity contribution in [3.05, 3.63) is 23.8 Å². The Hall–Kier alpha value is -2.22. The molecule has 1 amide bonds. The molecule has 0 bridgehead atoms. The first-order chi connectivity index (χ1) is 9.13. The molecule has 0 radical (unpaired) electrons. The van der Waals surface area contributed by atoms with Crippen molar-refractivity contribution in [3.63, 3.8) is 0 Å². The van der Waals surface area contributed by atoms with Crippen LogP contribution in [0.1, 0.15) is 18.4 Å². The monoisotopic (exact) mass is 260 g/mol. The number of nitriles is 1. The smallest absolute Gasteiger partial charge is 0.237 e. The number of rotatable bonds is 5. The minimum Gasteiger partial charge on any atom is -0.504 e. The van der Waals surface area contributed by atoms with Crippen LogP contribution in [0.3, 0.4) is 0 Å². The molecular formula is C14H16N2O3. The van der Waals surface area contributed by atoms with Crippen molar-refractivity contribution in [1.82, 2.24) is 5.32 Å². The summed E-state index contributed by atoms with van der Waals surface area (Å²) in [5.41, 5.74) is 0.784. The van der Waals surface area contributed by atoms with Gasteiger partial charge in [0.2, 0.25) is 5.91 Å². The number of hydrogen-bond donors (Lipinski definition) is 2. The van der Waals surface area contributed by atoms with Gasteiger partial charge in [0.1, 0.15) is 5.92 Å². The molecule has 1 saturated carbocycles. The summed E-state index contributed by atoms with van der Waals surface area (Å²) < 4.78 is 5.00. The van der Waals surface area contributed by atoms with E-state index in [0.717, 1.165) is 18.4 Å². The van der Waals surface area contributed by atoms with E-state index in [1.165, 1.54) is 13.2 Å². The van der Waals surface area contributed by atoms with Gasteiger partial charge in [-0.25, -0.2) is 0 Å². The fourth-order valence-corrected chi connectivity index (χ4v) is 1.81. The highest BCUT2D eigenvalue weighted by Crippen LogP contribution is 2.27. The predicted octanol–water partition coefficient (Wildman–Crippen LogP) is 1.36. The normalized spacial score (nSPS) is 15.4. The van der Waals surface area contributed by atoms with Crippen molar-refractivity contribution in [3.8, 4) is 17.6 Å². The number of methoxy groups -OCH3 is 1. The Bertz CT molecular complexity index is 518. The number of hydrogen-bond acceptors (Lipinski definition) is 4. The van der Waals surface area contributed by atoms with E-state index in [9.17, 15) is 9.90 Å². The van der Waals surface area contributed by atoms with Crippen molar-refractivity contribution in [2.24, 2.45) is 5.92 Å². The van der Waals surface area contributed by atoms with Crippen LogP contribution in [0.25, 0.3) is 0 Å². The van der Waals surface area contributed by atoms with Crippen LogP contribution in [0.5, 0.6) is 11.5 Å². The molecule has 1 unspecified atom stereocenters. The molecular weight excluding hydrogens is 244 g/mol. The molecule has 1 aliphatic carbocycles. The second-order valence-corrected chi connectivity index (χ2v) is 4.67. The topological polar surface area (TPSA) is 82.3 Å². The van der Waals surface area contributed by atoms with Crippen molar-refractivity contribution in [1.29, 1.82) is 5.26 Å². The van der Waals surface area contributed by atoms with Crippen LogP contribution in [0.15, 0.2) is 18.2 Å². The summed E-state index contributed by atoms with van der Waals surface area (Å²) in [6, 6.07) is 7.10. The van der Waals surface area contributed by atoms with Crippen LogP contribution in [0, 0.1) is 17.2 Å². The lowest BCUT2D eigenvalue weighted by molar-refractivity contribution is -0.123. The number of phenolic OH excluding ortho intramolecular Hbond substituents is 1. The minimum atomic E-state index is -0.713. The SMILES string of the molecule is COc1cc(CC(C#N)C(=O)NC2CC2)ccc1O. The largest absolute Gasteiger partial charge is 0.504 e. The van der Waals surface area contributed by atoms with Gasteiger partial charge in [0.05, 0.1) is 13.2 Å². The van der Waals surface area contributed by atoms with Crippen LogP contribution in [-0.2, 0) is 11.2 Å². The van der Waals surface area contributed by atoms with Crippen molar-refractivity contribution < 1.29 is 14.6 Å². The van der Waals surface area contributed by atoms with Gasteiger partial charge in [0.25, 0.3) is 0 Å². The molecule has 2 N–H and O–H groups in total. The molecule has 0 aliphatic heterocycles. The molecule has 1 aliphatic rings. The summed E-state index contributed by atoms with van der Waals surface area (Å²) in [4.78, 5) is 11.8.